The van der Waals surface area contributed by atoms with Crippen molar-refractivity contribution in [1.82, 2.24) is 9.80 Å². The molecule has 3 fully saturated rings. The summed E-state index contributed by atoms with van der Waals surface area (Å²) in [6, 6.07) is 0.711. The minimum Gasteiger partial charge on any atom is -0.384 e. The van der Waals surface area contributed by atoms with Crippen LogP contribution in [0.15, 0.2) is 0 Å². The van der Waals surface area contributed by atoms with E-state index >= 15 is 0 Å². The van der Waals surface area contributed by atoms with Crippen molar-refractivity contribution in [3.05, 3.63) is 0 Å². The highest BCUT2D eigenvalue weighted by atomic mass is 16.5. The second kappa shape index (κ2) is 6.30. The van der Waals surface area contributed by atoms with Crippen LogP contribution in [0.2, 0.25) is 0 Å². The third-order valence-corrected chi connectivity index (χ3v) is 5.97. The molecule has 0 aromatic heterocycles. The molecule has 116 valence electrons. The molecule has 3 rings (SSSR count). The normalized spacial score (nSPS) is 39.9. The lowest BCUT2D eigenvalue weighted by atomic mass is 9.81. The number of methoxy groups -OCH3 is 1. The van der Waals surface area contributed by atoms with Gasteiger partial charge in [-0.15, -0.1) is 0 Å². The number of fused-ring (bicyclic) bond motifs is 1. The maximum atomic E-state index is 6.33. The third kappa shape index (κ3) is 2.52. The molecule has 3 saturated heterocycles. The average molecular weight is 281 g/mol. The van der Waals surface area contributed by atoms with Crippen LogP contribution in [-0.2, 0) is 4.74 Å². The lowest BCUT2D eigenvalue weighted by Gasteiger charge is -2.50. The molecule has 3 atom stereocenters. The van der Waals surface area contributed by atoms with Crippen LogP contribution in [0.1, 0.15) is 38.5 Å². The fourth-order valence-electron chi connectivity index (χ4n) is 4.95. The molecule has 0 spiro atoms. The Labute approximate surface area is 123 Å². The Kier molecular flexibility index (Phi) is 4.65. The SMILES string of the molecule is COCC1CCCN(C2(CN)CCN3CCCCC32)C1. The molecule has 0 aliphatic carbocycles. The van der Waals surface area contributed by atoms with Crippen LogP contribution in [0.3, 0.4) is 0 Å². The van der Waals surface area contributed by atoms with E-state index in [2.05, 4.69) is 9.80 Å². The second-order valence-electron chi connectivity index (χ2n) is 7.01. The monoisotopic (exact) mass is 281 g/mol. The predicted molar refractivity (Wildman–Crippen MR) is 81.8 cm³/mol. The number of nitrogens with zero attached hydrogens (tertiary/aromatic N) is 2. The number of piperidine rings is 2. The van der Waals surface area contributed by atoms with Gasteiger partial charge in [0.15, 0.2) is 0 Å². The van der Waals surface area contributed by atoms with E-state index in [4.69, 9.17) is 10.5 Å². The van der Waals surface area contributed by atoms with Gasteiger partial charge in [-0.1, -0.05) is 6.42 Å². The molecule has 0 amide bonds. The van der Waals surface area contributed by atoms with E-state index in [1.54, 1.807) is 0 Å². The molecule has 20 heavy (non-hydrogen) atoms. The summed E-state index contributed by atoms with van der Waals surface area (Å²) < 4.78 is 5.40. The van der Waals surface area contributed by atoms with Crippen molar-refractivity contribution in [2.75, 3.05) is 46.4 Å². The Morgan fingerprint density at radius 2 is 2.05 bits per heavy atom. The Morgan fingerprint density at radius 1 is 1.15 bits per heavy atom. The van der Waals surface area contributed by atoms with Gasteiger partial charge >= 0.3 is 0 Å². The summed E-state index contributed by atoms with van der Waals surface area (Å²) in [6.45, 7) is 6.71. The minimum absolute atomic E-state index is 0.257. The van der Waals surface area contributed by atoms with Gasteiger partial charge in [0.25, 0.3) is 0 Å². The topological polar surface area (TPSA) is 41.7 Å². The van der Waals surface area contributed by atoms with Gasteiger partial charge in [0, 0.05) is 38.3 Å². The van der Waals surface area contributed by atoms with Crippen molar-refractivity contribution >= 4 is 0 Å². The van der Waals surface area contributed by atoms with Gasteiger partial charge < -0.3 is 10.5 Å². The quantitative estimate of drug-likeness (QED) is 0.843. The standard InChI is InChI=1S/C16H31N3O/c1-20-12-14-5-4-9-19(11-14)16(13-17)7-10-18-8-3-2-6-15(16)18/h14-15H,2-13,17H2,1H3. The van der Waals surface area contributed by atoms with E-state index in [0.717, 1.165) is 13.2 Å². The number of nitrogens with two attached hydrogens (primary N) is 1. The highest BCUT2D eigenvalue weighted by molar-refractivity contribution is 5.09. The fourth-order valence-corrected chi connectivity index (χ4v) is 4.95. The molecule has 4 heteroatoms. The van der Waals surface area contributed by atoms with E-state index in [1.165, 1.54) is 64.7 Å². The number of hydrogen-bond acceptors (Lipinski definition) is 4. The summed E-state index contributed by atoms with van der Waals surface area (Å²) in [5.74, 6) is 0.704. The van der Waals surface area contributed by atoms with Crippen LogP contribution in [-0.4, -0.2) is 67.8 Å². The Morgan fingerprint density at radius 3 is 2.85 bits per heavy atom. The van der Waals surface area contributed by atoms with Crippen LogP contribution in [0.5, 0.6) is 0 Å². The second-order valence-corrected chi connectivity index (χ2v) is 7.01. The van der Waals surface area contributed by atoms with Crippen LogP contribution in [0.4, 0.5) is 0 Å². The van der Waals surface area contributed by atoms with Gasteiger partial charge in [-0.25, -0.2) is 0 Å². The van der Waals surface area contributed by atoms with Crippen molar-refractivity contribution in [2.45, 2.75) is 50.1 Å². The average Bonchev–Trinajstić information content (AvgIpc) is 2.88. The Hall–Kier alpha value is -0.160. The summed E-state index contributed by atoms with van der Waals surface area (Å²) >= 11 is 0. The van der Waals surface area contributed by atoms with Gasteiger partial charge in [0.1, 0.15) is 0 Å². The van der Waals surface area contributed by atoms with Gasteiger partial charge in [-0.3, -0.25) is 9.80 Å². The van der Waals surface area contributed by atoms with Crippen LogP contribution < -0.4 is 5.73 Å². The lowest BCUT2D eigenvalue weighted by Crippen LogP contribution is -2.63. The van der Waals surface area contributed by atoms with Crippen molar-refractivity contribution in [3.8, 4) is 0 Å². The van der Waals surface area contributed by atoms with E-state index in [9.17, 15) is 0 Å². The van der Waals surface area contributed by atoms with Crippen molar-refractivity contribution < 1.29 is 4.74 Å². The molecular formula is C16H31N3O. The van der Waals surface area contributed by atoms with Crippen LogP contribution >= 0.6 is 0 Å². The maximum absolute atomic E-state index is 6.33. The smallest absolute Gasteiger partial charge is 0.0502 e. The molecule has 0 aromatic carbocycles. The first-order valence-electron chi connectivity index (χ1n) is 8.48. The van der Waals surface area contributed by atoms with Gasteiger partial charge in [-0.2, -0.15) is 0 Å². The third-order valence-electron chi connectivity index (χ3n) is 5.97. The predicted octanol–water partition coefficient (Wildman–Crippen LogP) is 1.30. The first-order valence-corrected chi connectivity index (χ1v) is 8.48. The molecule has 4 nitrogen and oxygen atoms in total. The van der Waals surface area contributed by atoms with E-state index in [1.807, 2.05) is 7.11 Å². The Bertz CT molecular complexity index is 323. The zero-order valence-corrected chi connectivity index (χ0v) is 13.0. The van der Waals surface area contributed by atoms with Gasteiger partial charge in [0.05, 0.1) is 6.61 Å². The fraction of sp³-hybridized carbons (Fsp3) is 1.00. The minimum atomic E-state index is 0.257. The highest BCUT2D eigenvalue weighted by Crippen LogP contribution is 2.40. The largest absolute Gasteiger partial charge is 0.384 e. The summed E-state index contributed by atoms with van der Waals surface area (Å²) in [7, 11) is 1.83. The number of rotatable bonds is 4. The molecule has 0 bridgehead atoms. The molecule has 2 N–H and O–H groups in total. The van der Waals surface area contributed by atoms with Crippen molar-refractivity contribution in [2.24, 2.45) is 11.7 Å². The first kappa shape index (κ1) is 14.8. The number of likely N-dealkylation sites (tertiary alicyclic amines) is 1. The molecular weight excluding hydrogens is 250 g/mol. The van der Waals surface area contributed by atoms with Crippen molar-refractivity contribution in [1.29, 1.82) is 0 Å². The first-order chi connectivity index (χ1) is 9.80. The van der Waals surface area contributed by atoms with Crippen LogP contribution in [0, 0.1) is 5.92 Å². The van der Waals surface area contributed by atoms with Gasteiger partial charge in [-0.05, 0) is 51.1 Å². The molecule has 3 heterocycles. The number of hydrogen-bond donors (Lipinski definition) is 1. The zero-order chi connectivity index (χ0) is 14.0. The molecule has 0 aromatic rings. The zero-order valence-electron chi connectivity index (χ0n) is 13.0. The van der Waals surface area contributed by atoms with Crippen LogP contribution in [0.25, 0.3) is 0 Å². The summed E-state index contributed by atoms with van der Waals surface area (Å²) in [4.78, 5) is 5.46. The van der Waals surface area contributed by atoms with Crippen molar-refractivity contribution in [3.63, 3.8) is 0 Å². The molecule has 3 aliphatic heterocycles. The molecule has 0 radical (unpaired) electrons. The summed E-state index contributed by atoms with van der Waals surface area (Å²) in [5.41, 5.74) is 6.58. The molecule has 3 aliphatic rings. The molecule has 3 unspecified atom stereocenters. The Balaban J connectivity index is 1.74. The lowest BCUT2D eigenvalue weighted by molar-refractivity contribution is -0.00582. The van der Waals surface area contributed by atoms with E-state index in [-0.39, 0.29) is 5.54 Å². The number of ether oxygens (including phenoxy) is 1. The van der Waals surface area contributed by atoms with Gasteiger partial charge in [0.2, 0.25) is 0 Å². The van der Waals surface area contributed by atoms with E-state index in [0.29, 0.717) is 12.0 Å². The molecule has 0 saturated carbocycles. The van der Waals surface area contributed by atoms with E-state index < -0.39 is 0 Å². The summed E-state index contributed by atoms with van der Waals surface area (Å²) in [6.07, 6.45) is 8.01. The maximum Gasteiger partial charge on any atom is 0.0502 e. The highest BCUT2D eigenvalue weighted by Gasteiger charge is 2.51. The summed E-state index contributed by atoms with van der Waals surface area (Å²) in [5, 5.41) is 0.